The molecule has 0 atom stereocenters. The zero-order valence-electron chi connectivity index (χ0n) is 9.84. The first-order valence-electron chi connectivity index (χ1n) is 5.46. The average Bonchev–Trinajstić information content (AvgIpc) is 2.37. The molecule has 0 N–H and O–H groups in total. The Morgan fingerprint density at radius 2 is 1.60 bits per heavy atom. The molecule has 20 heavy (non-hydrogen) atoms. The Balaban J connectivity index is 2.34. The van der Waals surface area contributed by atoms with Gasteiger partial charge >= 0.3 is 6.18 Å². The quantitative estimate of drug-likeness (QED) is 0.561. The summed E-state index contributed by atoms with van der Waals surface area (Å²) >= 11 is 3.06. The predicted molar refractivity (Wildman–Crippen MR) is 69.0 cm³/mol. The van der Waals surface area contributed by atoms with Crippen LogP contribution in [0.4, 0.5) is 17.6 Å². The summed E-state index contributed by atoms with van der Waals surface area (Å²) in [7, 11) is 0. The van der Waals surface area contributed by atoms with Crippen LogP contribution in [0, 0.1) is 5.82 Å². The molecule has 0 amide bonds. The Labute approximate surface area is 120 Å². The Morgan fingerprint density at radius 3 is 2.10 bits per heavy atom. The van der Waals surface area contributed by atoms with Crippen molar-refractivity contribution >= 4 is 21.7 Å². The summed E-state index contributed by atoms with van der Waals surface area (Å²) in [6.45, 7) is 0. The zero-order valence-corrected chi connectivity index (χ0v) is 11.4. The van der Waals surface area contributed by atoms with Crippen LogP contribution in [0.25, 0.3) is 0 Å². The molecule has 0 aliphatic rings. The number of hydrogen-bond acceptors (Lipinski definition) is 1. The molecule has 0 bridgehead atoms. The minimum absolute atomic E-state index is 0.000720. The minimum atomic E-state index is -4.47. The molecule has 0 aromatic heterocycles. The molecular weight excluding hydrogens is 340 g/mol. The molecule has 0 unspecified atom stereocenters. The third kappa shape index (κ3) is 3.07. The van der Waals surface area contributed by atoms with E-state index in [0.717, 1.165) is 30.3 Å². The van der Waals surface area contributed by atoms with Gasteiger partial charge in [-0.25, -0.2) is 4.39 Å². The number of hydrogen-bond donors (Lipinski definition) is 0. The van der Waals surface area contributed by atoms with Crippen LogP contribution in [0.1, 0.15) is 21.5 Å². The number of carbonyl (C=O) groups is 1. The summed E-state index contributed by atoms with van der Waals surface area (Å²) in [5, 5.41) is 0. The van der Waals surface area contributed by atoms with Crippen molar-refractivity contribution in [3.8, 4) is 0 Å². The maximum Gasteiger partial charge on any atom is 0.416 e. The Morgan fingerprint density at radius 1 is 1.00 bits per heavy atom. The highest BCUT2D eigenvalue weighted by atomic mass is 79.9. The third-order valence-corrected chi connectivity index (χ3v) is 3.14. The van der Waals surface area contributed by atoms with Gasteiger partial charge in [-0.1, -0.05) is 28.1 Å². The molecule has 104 valence electrons. The molecule has 0 radical (unpaired) electrons. The molecule has 1 nitrogen and oxygen atoms in total. The van der Waals surface area contributed by atoms with Crippen LogP contribution in [0.3, 0.4) is 0 Å². The average molecular weight is 347 g/mol. The lowest BCUT2D eigenvalue weighted by atomic mass is 10.0. The van der Waals surface area contributed by atoms with E-state index < -0.39 is 23.3 Å². The van der Waals surface area contributed by atoms with E-state index in [0.29, 0.717) is 4.47 Å². The molecule has 0 aliphatic heterocycles. The van der Waals surface area contributed by atoms with Gasteiger partial charge in [0.1, 0.15) is 5.82 Å². The van der Waals surface area contributed by atoms with Crippen molar-refractivity contribution in [2.24, 2.45) is 0 Å². The molecule has 2 rings (SSSR count). The number of alkyl halides is 3. The van der Waals surface area contributed by atoms with Crippen molar-refractivity contribution in [2.45, 2.75) is 6.18 Å². The second kappa shape index (κ2) is 5.36. The van der Waals surface area contributed by atoms with E-state index in [2.05, 4.69) is 15.9 Å². The van der Waals surface area contributed by atoms with Crippen LogP contribution >= 0.6 is 15.9 Å². The van der Waals surface area contributed by atoms with E-state index in [1.807, 2.05) is 0 Å². The minimum Gasteiger partial charge on any atom is -0.288 e. The van der Waals surface area contributed by atoms with Crippen LogP contribution in [0.2, 0.25) is 0 Å². The van der Waals surface area contributed by atoms with Gasteiger partial charge in [0.2, 0.25) is 0 Å². The van der Waals surface area contributed by atoms with Gasteiger partial charge in [-0.3, -0.25) is 4.79 Å². The zero-order chi connectivity index (χ0) is 14.9. The molecule has 0 aliphatic carbocycles. The summed E-state index contributed by atoms with van der Waals surface area (Å²) < 4.78 is 51.3. The van der Waals surface area contributed by atoms with E-state index >= 15 is 0 Å². The van der Waals surface area contributed by atoms with Crippen molar-refractivity contribution < 1.29 is 22.4 Å². The maximum atomic E-state index is 13.6. The van der Waals surface area contributed by atoms with Crippen LogP contribution in [-0.2, 0) is 6.18 Å². The summed E-state index contributed by atoms with van der Waals surface area (Å²) in [4.78, 5) is 12.0. The molecule has 0 fully saturated rings. The van der Waals surface area contributed by atoms with E-state index in [1.54, 1.807) is 0 Å². The van der Waals surface area contributed by atoms with E-state index in [4.69, 9.17) is 0 Å². The van der Waals surface area contributed by atoms with Crippen molar-refractivity contribution in [3.63, 3.8) is 0 Å². The van der Waals surface area contributed by atoms with E-state index in [9.17, 15) is 22.4 Å². The molecule has 0 spiro atoms. The second-order valence-corrected chi connectivity index (χ2v) is 4.94. The third-order valence-electron chi connectivity index (χ3n) is 2.65. The lowest BCUT2D eigenvalue weighted by Crippen LogP contribution is -2.07. The largest absolute Gasteiger partial charge is 0.416 e. The smallest absolute Gasteiger partial charge is 0.288 e. The standard InChI is InChI=1S/C14H7BrF4O/c15-10-5-6-11(12(16)7-10)13(20)8-1-3-9(4-2-8)14(17,18)19/h1-7H. The highest BCUT2D eigenvalue weighted by molar-refractivity contribution is 9.10. The SMILES string of the molecule is O=C(c1ccc(C(F)(F)F)cc1)c1ccc(Br)cc1F. The first kappa shape index (κ1) is 14.7. The fourth-order valence-corrected chi connectivity index (χ4v) is 1.97. The van der Waals surface area contributed by atoms with Crippen molar-refractivity contribution in [3.05, 3.63) is 69.4 Å². The van der Waals surface area contributed by atoms with Crippen LogP contribution in [-0.4, -0.2) is 5.78 Å². The summed E-state index contributed by atoms with van der Waals surface area (Å²) in [5.74, 6) is -1.40. The first-order valence-corrected chi connectivity index (χ1v) is 6.25. The number of ketones is 1. The summed E-state index contributed by atoms with van der Waals surface area (Å²) in [6, 6.07) is 7.55. The maximum absolute atomic E-state index is 13.6. The lowest BCUT2D eigenvalue weighted by molar-refractivity contribution is -0.137. The van der Waals surface area contributed by atoms with Crippen LogP contribution < -0.4 is 0 Å². The number of benzene rings is 2. The molecule has 0 saturated carbocycles. The van der Waals surface area contributed by atoms with Gasteiger partial charge in [-0.15, -0.1) is 0 Å². The van der Waals surface area contributed by atoms with Gasteiger partial charge in [0.05, 0.1) is 11.1 Å². The lowest BCUT2D eigenvalue weighted by Gasteiger charge is -2.07. The van der Waals surface area contributed by atoms with Gasteiger partial charge in [-0.05, 0) is 30.3 Å². The van der Waals surface area contributed by atoms with Crippen molar-refractivity contribution in [1.82, 2.24) is 0 Å². The fraction of sp³-hybridized carbons (Fsp3) is 0.0714. The Bertz CT molecular complexity index is 647. The fourth-order valence-electron chi connectivity index (χ4n) is 1.64. The number of rotatable bonds is 2. The normalized spacial score (nSPS) is 11.4. The highest BCUT2D eigenvalue weighted by Gasteiger charge is 2.30. The highest BCUT2D eigenvalue weighted by Crippen LogP contribution is 2.29. The summed E-state index contributed by atoms with van der Waals surface area (Å²) in [6.07, 6.45) is -4.47. The Hall–Kier alpha value is -1.69. The summed E-state index contributed by atoms with van der Waals surface area (Å²) in [5.41, 5.74) is -1.04. The molecule has 0 saturated heterocycles. The molecule has 6 heteroatoms. The monoisotopic (exact) mass is 346 g/mol. The van der Waals surface area contributed by atoms with Crippen LogP contribution in [0.5, 0.6) is 0 Å². The Kier molecular flexibility index (Phi) is 3.94. The van der Waals surface area contributed by atoms with Crippen molar-refractivity contribution in [1.29, 1.82) is 0 Å². The van der Waals surface area contributed by atoms with Gasteiger partial charge in [0.25, 0.3) is 0 Å². The molecular formula is C14H7BrF4O. The molecule has 2 aromatic rings. The first-order chi connectivity index (χ1) is 9.29. The van der Waals surface area contributed by atoms with Gasteiger partial charge in [0.15, 0.2) is 5.78 Å². The predicted octanol–water partition coefficient (Wildman–Crippen LogP) is 4.84. The second-order valence-electron chi connectivity index (χ2n) is 4.03. The molecule has 2 aromatic carbocycles. The van der Waals surface area contributed by atoms with E-state index in [1.165, 1.54) is 12.1 Å². The van der Waals surface area contributed by atoms with Gasteiger partial charge in [0, 0.05) is 10.0 Å². The topological polar surface area (TPSA) is 17.1 Å². The van der Waals surface area contributed by atoms with Gasteiger partial charge < -0.3 is 0 Å². The van der Waals surface area contributed by atoms with Gasteiger partial charge in [-0.2, -0.15) is 13.2 Å². The van der Waals surface area contributed by atoms with Crippen molar-refractivity contribution in [2.75, 3.05) is 0 Å². The van der Waals surface area contributed by atoms with Crippen LogP contribution in [0.15, 0.2) is 46.9 Å². The number of halogens is 5. The molecule has 0 heterocycles. The number of carbonyl (C=O) groups excluding carboxylic acids is 1. The van der Waals surface area contributed by atoms with E-state index in [-0.39, 0.29) is 11.1 Å².